The zero-order valence-corrected chi connectivity index (χ0v) is 16.6. The first-order valence-corrected chi connectivity index (χ1v) is 9.89. The maximum Gasteiger partial charge on any atom is 0.409 e. The minimum absolute atomic E-state index is 0.308. The Bertz CT molecular complexity index is 894. The summed E-state index contributed by atoms with van der Waals surface area (Å²) in [5.41, 5.74) is 2.40. The normalized spacial score (nSPS) is 27.1. The number of carbonyl (C=O) groups is 1. The molecule has 0 radical (unpaired) electrons. The Morgan fingerprint density at radius 2 is 1.79 bits per heavy atom. The van der Waals surface area contributed by atoms with Gasteiger partial charge < -0.3 is 19.5 Å². The van der Waals surface area contributed by atoms with Gasteiger partial charge in [0.2, 0.25) is 0 Å². The molecule has 2 aliphatic heterocycles. The molecule has 148 valence electrons. The van der Waals surface area contributed by atoms with Crippen molar-refractivity contribution < 1.29 is 19.4 Å². The number of nitrogens with zero attached hydrogens (tertiary/aromatic N) is 1. The lowest BCUT2D eigenvalue weighted by Crippen LogP contribution is -2.42. The van der Waals surface area contributed by atoms with Crippen LogP contribution in [0, 0.1) is 0 Å². The van der Waals surface area contributed by atoms with E-state index in [1.54, 1.807) is 18.9 Å². The van der Waals surface area contributed by atoms with E-state index in [1.807, 2.05) is 43.3 Å². The standard InChI is InChI=1S/C23H27NO4/c1-4-27-21(25)24(3)15-9-14-23-17-11-6-5-10-16(17)20(28-23)22(2,26)18-12-7-8-13-19(18)23/h5-8,10-13,20,26H,4,9,14-15H2,1-3H3. The molecule has 0 spiro atoms. The zero-order chi connectivity index (χ0) is 19.9. The fraction of sp³-hybridized carbons (Fsp3) is 0.435. The molecular formula is C23H27NO4. The van der Waals surface area contributed by atoms with Crippen molar-refractivity contribution in [3.05, 3.63) is 70.8 Å². The third-order valence-electron chi connectivity index (χ3n) is 6.02. The van der Waals surface area contributed by atoms with Gasteiger partial charge in [0.15, 0.2) is 0 Å². The van der Waals surface area contributed by atoms with Crippen molar-refractivity contribution >= 4 is 6.09 Å². The fourth-order valence-corrected chi connectivity index (χ4v) is 4.68. The number of ether oxygens (including phenoxy) is 2. The molecule has 5 nitrogen and oxygen atoms in total. The highest BCUT2D eigenvalue weighted by molar-refractivity contribution is 5.67. The summed E-state index contributed by atoms with van der Waals surface area (Å²) in [5.74, 6) is 0. The molecule has 0 saturated heterocycles. The van der Waals surface area contributed by atoms with Crippen LogP contribution >= 0.6 is 0 Å². The van der Waals surface area contributed by atoms with Gasteiger partial charge in [0.05, 0.1) is 6.61 Å². The average Bonchev–Trinajstić information content (AvgIpc) is 3.01. The predicted molar refractivity (Wildman–Crippen MR) is 106 cm³/mol. The summed E-state index contributed by atoms with van der Waals surface area (Å²) in [7, 11) is 1.75. The van der Waals surface area contributed by atoms with Crippen molar-refractivity contribution in [3.8, 4) is 0 Å². The number of rotatable bonds is 5. The summed E-state index contributed by atoms with van der Waals surface area (Å²) in [5, 5.41) is 11.3. The number of benzene rings is 2. The second-order valence-corrected chi connectivity index (χ2v) is 7.83. The second kappa shape index (κ2) is 6.90. The van der Waals surface area contributed by atoms with E-state index in [-0.39, 0.29) is 6.09 Å². The van der Waals surface area contributed by atoms with Gasteiger partial charge in [-0.1, -0.05) is 48.5 Å². The number of fused-ring (bicyclic) bond motifs is 7. The van der Waals surface area contributed by atoms with Crippen molar-refractivity contribution in [1.82, 2.24) is 4.90 Å². The zero-order valence-electron chi connectivity index (χ0n) is 16.6. The van der Waals surface area contributed by atoms with Crippen LogP contribution in [0.5, 0.6) is 0 Å². The minimum Gasteiger partial charge on any atom is -0.450 e. The van der Waals surface area contributed by atoms with Gasteiger partial charge in [0, 0.05) is 13.6 Å². The lowest BCUT2D eigenvalue weighted by atomic mass is 9.77. The fourth-order valence-electron chi connectivity index (χ4n) is 4.68. The first-order valence-electron chi connectivity index (χ1n) is 9.89. The van der Waals surface area contributed by atoms with Gasteiger partial charge in [-0.05, 0) is 48.9 Å². The maximum absolute atomic E-state index is 11.9. The summed E-state index contributed by atoms with van der Waals surface area (Å²) in [4.78, 5) is 13.5. The highest BCUT2D eigenvalue weighted by atomic mass is 16.6. The average molecular weight is 381 g/mol. The highest BCUT2D eigenvalue weighted by Crippen LogP contribution is 2.60. The number of hydrogen-bond donors (Lipinski definition) is 1. The molecule has 4 rings (SSSR count). The Kier molecular flexibility index (Phi) is 4.68. The van der Waals surface area contributed by atoms with Crippen molar-refractivity contribution in [2.24, 2.45) is 0 Å². The van der Waals surface area contributed by atoms with Crippen LogP contribution in [0.4, 0.5) is 4.79 Å². The molecule has 0 aromatic heterocycles. The molecule has 2 aromatic carbocycles. The number of carbonyl (C=O) groups excluding carboxylic acids is 1. The van der Waals surface area contributed by atoms with Gasteiger partial charge in [-0.25, -0.2) is 4.79 Å². The highest BCUT2D eigenvalue weighted by Gasteiger charge is 2.57. The van der Waals surface area contributed by atoms with Crippen molar-refractivity contribution in [3.63, 3.8) is 0 Å². The summed E-state index contributed by atoms with van der Waals surface area (Å²) >= 11 is 0. The van der Waals surface area contributed by atoms with Gasteiger partial charge in [-0.3, -0.25) is 0 Å². The van der Waals surface area contributed by atoms with Crippen LogP contribution in [0.25, 0.3) is 0 Å². The molecule has 2 heterocycles. The largest absolute Gasteiger partial charge is 0.450 e. The molecule has 2 aromatic rings. The Hall–Kier alpha value is -2.37. The lowest BCUT2D eigenvalue weighted by Gasteiger charge is -2.43. The van der Waals surface area contributed by atoms with Gasteiger partial charge in [-0.15, -0.1) is 0 Å². The SMILES string of the molecule is CCOC(=O)N(C)CCCC12OC(c3ccccc31)C(C)(O)c1ccccc12. The molecule has 28 heavy (non-hydrogen) atoms. The van der Waals surface area contributed by atoms with E-state index >= 15 is 0 Å². The van der Waals surface area contributed by atoms with Crippen molar-refractivity contribution in [2.45, 2.75) is 44.0 Å². The molecule has 3 unspecified atom stereocenters. The molecular weight excluding hydrogens is 354 g/mol. The van der Waals surface area contributed by atoms with Gasteiger partial charge in [0.1, 0.15) is 17.3 Å². The molecule has 1 N–H and O–H groups in total. The molecule has 5 heteroatoms. The van der Waals surface area contributed by atoms with Gasteiger partial charge >= 0.3 is 6.09 Å². The molecule has 1 amide bonds. The minimum atomic E-state index is -1.09. The summed E-state index contributed by atoms with van der Waals surface area (Å²) < 4.78 is 11.7. The number of aliphatic hydroxyl groups is 1. The van der Waals surface area contributed by atoms with E-state index in [4.69, 9.17) is 9.47 Å². The van der Waals surface area contributed by atoms with E-state index in [9.17, 15) is 9.90 Å². The molecule has 0 aliphatic carbocycles. The third-order valence-corrected chi connectivity index (χ3v) is 6.02. The number of hydrogen-bond acceptors (Lipinski definition) is 4. The van der Waals surface area contributed by atoms with Crippen LogP contribution in [0.3, 0.4) is 0 Å². The first-order chi connectivity index (χ1) is 13.4. The van der Waals surface area contributed by atoms with Gasteiger partial charge in [0.25, 0.3) is 0 Å². The van der Waals surface area contributed by atoms with Crippen LogP contribution in [0.15, 0.2) is 48.5 Å². The topological polar surface area (TPSA) is 59.0 Å². The van der Waals surface area contributed by atoms with Crippen LogP contribution in [-0.2, 0) is 20.7 Å². The Morgan fingerprint density at radius 1 is 1.14 bits per heavy atom. The van der Waals surface area contributed by atoms with E-state index < -0.39 is 17.3 Å². The predicted octanol–water partition coefficient (Wildman–Crippen LogP) is 4.09. The summed E-state index contributed by atoms with van der Waals surface area (Å²) in [6.07, 6.45) is 0.767. The molecule has 3 atom stereocenters. The van der Waals surface area contributed by atoms with Crippen LogP contribution < -0.4 is 0 Å². The summed E-state index contributed by atoms with van der Waals surface area (Å²) in [6.45, 7) is 4.58. The summed E-state index contributed by atoms with van der Waals surface area (Å²) in [6, 6.07) is 16.2. The Balaban J connectivity index is 1.69. The Morgan fingerprint density at radius 3 is 2.50 bits per heavy atom. The van der Waals surface area contributed by atoms with Crippen molar-refractivity contribution in [1.29, 1.82) is 0 Å². The quantitative estimate of drug-likeness (QED) is 0.847. The molecule has 2 aliphatic rings. The molecule has 0 fully saturated rings. The smallest absolute Gasteiger partial charge is 0.409 e. The van der Waals surface area contributed by atoms with Gasteiger partial charge in [-0.2, -0.15) is 0 Å². The van der Waals surface area contributed by atoms with Crippen LogP contribution in [0.2, 0.25) is 0 Å². The van der Waals surface area contributed by atoms with Crippen LogP contribution in [-0.4, -0.2) is 36.3 Å². The monoisotopic (exact) mass is 381 g/mol. The Labute approximate surface area is 165 Å². The lowest BCUT2D eigenvalue weighted by molar-refractivity contribution is -0.169. The molecule has 0 saturated carbocycles. The van der Waals surface area contributed by atoms with E-state index in [2.05, 4.69) is 12.1 Å². The van der Waals surface area contributed by atoms with E-state index in [1.165, 1.54) is 0 Å². The van der Waals surface area contributed by atoms with E-state index in [0.717, 1.165) is 35.1 Å². The van der Waals surface area contributed by atoms with E-state index in [0.29, 0.717) is 13.2 Å². The number of amides is 1. The maximum atomic E-state index is 11.9. The van der Waals surface area contributed by atoms with Crippen molar-refractivity contribution in [2.75, 3.05) is 20.2 Å². The first kappa shape index (κ1) is 19.0. The molecule has 2 bridgehead atoms. The third kappa shape index (κ3) is 2.73. The van der Waals surface area contributed by atoms with Crippen LogP contribution in [0.1, 0.15) is 55.0 Å². The second-order valence-electron chi connectivity index (χ2n) is 7.83.